The molecule has 1 heterocycles. The van der Waals surface area contributed by atoms with Crippen LogP contribution in [0.3, 0.4) is 0 Å². The number of hydrogen-bond acceptors (Lipinski definition) is 5. The molecule has 1 fully saturated rings. The summed E-state index contributed by atoms with van der Waals surface area (Å²) in [5, 5.41) is 2.43. The lowest BCUT2D eigenvalue weighted by Crippen LogP contribution is -2.21. The maximum Gasteiger partial charge on any atom is 0.342 e. The Morgan fingerprint density at radius 1 is 1.21 bits per heavy atom. The van der Waals surface area contributed by atoms with Crippen molar-refractivity contribution in [2.45, 2.75) is 45.1 Å². The predicted octanol–water partition coefficient (Wildman–Crippen LogP) is 4.89. The number of benzene rings is 1. The van der Waals surface area contributed by atoms with Crippen LogP contribution in [-0.2, 0) is 4.74 Å². The van der Waals surface area contributed by atoms with Gasteiger partial charge in [0.25, 0.3) is 0 Å². The number of carbonyl (C=O) groups excluding carboxylic acids is 1. The minimum absolute atomic E-state index is 0.0266. The molecule has 1 aliphatic rings. The SMILES string of the molecule is CCOc1ccc(-c2csc(N)c2C(=O)OC2CCCCC2)cc1. The molecule has 1 aromatic carbocycles. The predicted molar refractivity (Wildman–Crippen MR) is 97.6 cm³/mol. The Morgan fingerprint density at radius 2 is 1.92 bits per heavy atom. The molecule has 0 spiro atoms. The van der Waals surface area contributed by atoms with Crippen molar-refractivity contribution in [3.05, 3.63) is 35.2 Å². The molecule has 0 unspecified atom stereocenters. The average molecular weight is 345 g/mol. The summed E-state index contributed by atoms with van der Waals surface area (Å²) in [7, 11) is 0. The second-order valence-electron chi connectivity index (χ2n) is 6.01. The third-order valence-electron chi connectivity index (χ3n) is 4.33. The summed E-state index contributed by atoms with van der Waals surface area (Å²) >= 11 is 1.38. The normalized spacial score (nSPS) is 15.2. The van der Waals surface area contributed by atoms with Crippen LogP contribution in [0.5, 0.6) is 5.75 Å². The van der Waals surface area contributed by atoms with Crippen molar-refractivity contribution in [2.24, 2.45) is 0 Å². The van der Waals surface area contributed by atoms with Gasteiger partial charge in [-0.15, -0.1) is 11.3 Å². The number of hydrogen-bond donors (Lipinski definition) is 1. The van der Waals surface area contributed by atoms with E-state index in [1.54, 1.807) is 0 Å². The highest BCUT2D eigenvalue weighted by Gasteiger charge is 2.24. The first-order valence-electron chi connectivity index (χ1n) is 8.50. The third kappa shape index (κ3) is 3.73. The molecule has 0 aliphatic heterocycles. The summed E-state index contributed by atoms with van der Waals surface area (Å²) in [4.78, 5) is 12.6. The van der Waals surface area contributed by atoms with Crippen LogP contribution in [0.15, 0.2) is 29.6 Å². The second kappa shape index (κ2) is 7.71. The lowest BCUT2D eigenvalue weighted by Gasteiger charge is -2.22. The fourth-order valence-corrected chi connectivity index (χ4v) is 3.90. The third-order valence-corrected chi connectivity index (χ3v) is 5.14. The molecule has 0 radical (unpaired) electrons. The summed E-state index contributed by atoms with van der Waals surface area (Å²) in [6, 6.07) is 7.71. The van der Waals surface area contributed by atoms with Crippen LogP contribution in [0, 0.1) is 0 Å². The molecule has 0 amide bonds. The number of rotatable bonds is 5. The van der Waals surface area contributed by atoms with Crippen LogP contribution >= 0.6 is 11.3 Å². The molecule has 128 valence electrons. The van der Waals surface area contributed by atoms with Crippen LogP contribution in [0.25, 0.3) is 11.1 Å². The molecule has 0 saturated heterocycles. The zero-order valence-electron chi connectivity index (χ0n) is 13.9. The Hall–Kier alpha value is -2.01. The highest BCUT2D eigenvalue weighted by Crippen LogP contribution is 2.35. The van der Waals surface area contributed by atoms with Crippen LogP contribution in [0.1, 0.15) is 49.4 Å². The Morgan fingerprint density at radius 3 is 2.58 bits per heavy atom. The van der Waals surface area contributed by atoms with E-state index >= 15 is 0 Å². The summed E-state index contributed by atoms with van der Waals surface area (Å²) in [6.07, 6.45) is 5.42. The number of thiophene rings is 1. The van der Waals surface area contributed by atoms with Gasteiger partial charge in [-0.3, -0.25) is 0 Å². The summed E-state index contributed by atoms with van der Waals surface area (Å²) < 4.78 is 11.2. The summed E-state index contributed by atoms with van der Waals surface area (Å²) in [5.74, 6) is 0.514. The van der Waals surface area contributed by atoms with Crippen molar-refractivity contribution in [3.63, 3.8) is 0 Å². The van der Waals surface area contributed by atoms with Crippen molar-refractivity contribution in [1.82, 2.24) is 0 Å². The van der Waals surface area contributed by atoms with E-state index < -0.39 is 0 Å². The van der Waals surface area contributed by atoms with E-state index in [2.05, 4.69) is 0 Å². The van der Waals surface area contributed by atoms with E-state index in [0.29, 0.717) is 17.2 Å². The second-order valence-corrected chi connectivity index (χ2v) is 6.92. The minimum atomic E-state index is -0.301. The van der Waals surface area contributed by atoms with E-state index in [0.717, 1.165) is 42.6 Å². The molecule has 5 heteroatoms. The molecule has 0 atom stereocenters. The van der Waals surface area contributed by atoms with Gasteiger partial charge in [0.2, 0.25) is 0 Å². The number of anilines is 1. The van der Waals surface area contributed by atoms with Gasteiger partial charge in [-0.2, -0.15) is 0 Å². The fraction of sp³-hybridized carbons (Fsp3) is 0.421. The quantitative estimate of drug-likeness (QED) is 0.784. The molecule has 1 aliphatic carbocycles. The van der Waals surface area contributed by atoms with E-state index in [4.69, 9.17) is 15.2 Å². The van der Waals surface area contributed by atoms with Gasteiger partial charge in [-0.1, -0.05) is 18.6 Å². The Labute approximate surface area is 146 Å². The maximum absolute atomic E-state index is 12.6. The molecule has 0 bridgehead atoms. The Bertz CT molecular complexity index is 687. The highest BCUT2D eigenvalue weighted by atomic mass is 32.1. The minimum Gasteiger partial charge on any atom is -0.494 e. The monoisotopic (exact) mass is 345 g/mol. The lowest BCUT2D eigenvalue weighted by atomic mass is 9.97. The van der Waals surface area contributed by atoms with E-state index in [1.165, 1.54) is 17.8 Å². The molecular formula is C19H23NO3S. The molecule has 2 aromatic rings. The first kappa shape index (κ1) is 16.8. The van der Waals surface area contributed by atoms with Crippen LogP contribution in [-0.4, -0.2) is 18.7 Å². The largest absolute Gasteiger partial charge is 0.494 e. The molecule has 24 heavy (non-hydrogen) atoms. The van der Waals surface area contributed by atoms with Gasteiger partial charge < -0.3 is 15.2 Å². The van der Waals surface area contributed by atoms with E-state index in [1.807, 2.05) is 36.6 Å². The van der Waals surface area contributed by atoms with Crippen molar-refractivity contribution in [2.75, 3.05) is 12.3 Å². The number of ether oxygens (including phenoxy) is 2. The molecule has 4 nitrogen and oxygen atoms in total. The Kier molecular flexibility index (Phi) is 5.41. The van der Waals surface area contributed by atoms with Crippen molar-refractivity contribution < 1.29 is 14.3 Å². The fourth-order valence-electron chi connectivity index (χ4n) is 3.09. The number of nitrogens with two attached hydrogens (primary N) is 1. The highest BCUT2D eigenvalue weighted by molar-refractivity contribution is 7.14. The molecule has 1 aromatic heterocycles. The molecule has 1 saturated carbocycles. The van der Waals surface area contributed by atoms with Gasteiger partial charge >= 0.3 is 5.97 Å². The smallest absolute Gasteiger partial charge is 0.342 e. The van der Waals surface area contributed by atoms with Crippen LogP contribution in [0.4, 0.5) is 5.00 Å². The average Bonchev–Trinajstić information content (AvgIpc) is 2.98. The van der Waals surface area contributed by atoms with Gasteiger partial charge in [-0.25, -0.2) is 4.79 Å². The van der Waals surface area contributed by atoms with E-state index in [9.17, 15) is 4.79 Å². The number of carbonyl (C=O) groups is 1. The first-order valence-corrected chi connectivity index (χ1v) is 9.38. The zero-order valence-corrected chi connectivity index (χ0v) is 14.7. The first-order chi connectivity index (χ1) is 11.7. The van der Waals surface area contributed by atoms with Crippen molar-refractivity contribution in [3.8, 4) is 16.9 Å². The van der Waals surface area contributed by atoms with Gasteiger partial charge in [0.05, 0.1) is 6.61 Å². The molecular weight excluding hydrogens is 322 g/mol. The van der Waals surface area contributed by atoms with Crippen LogP contribution < -0.4 is 10.5 Å². The zero-order chi connectivity index (χ0) is 16.9. The topological polar surface area (TPSA) is 61.5 Å². The molecule has 2 N–H and O–H groups in total. The summed E-state index contributed by atoms with van der Waals surface area (Å²) in [5.41, 5.74) is 8.33. The van der Waals surface area contributed by atoms with Crippen molar-refractivity contribution >= 4 is 22.3 Å². The van der Waals surface area contributed by atoms with Crippen molar-refractivity contribution in [1.29, 1.82) is 0 Å². The maximum atomic E-state index is 12.6. The van der Waals surface area contributed by atoms with Gasteiger partial charge in [-0.05, 0) is 50.3 Å². The van der Waals surface area contributed by atoms with Gasteiger partial charge in [0.1, 0.15) is 22.4 Å². The van der Waals surface area contributed by atoms with Crippen LogP contribution in [0.2, 0.25) is 0 Å². The standard InChI is InChI=1S/C19H23NO3S/c1-2-22-14-10-8-13(9-11-14)16-12-24-18(20)17(16)19(21)23-15-6-4-3-5-7-15/h8-12,15H,2-7,20H2,1H3. The van der Waals surface area contributed by atoms with Gasteiger partial charge in [0, 0.05) is 10.9 Å². The number of esters is 1. The Balaban J connectivity index is 1.81. The molecule has 3 rings (SSSR count). The summed E-state index contributed by atoms with van der Waals surface area (Å²) in [6.45, 7) is 2.58. The van der Waals surface area contributed by atoms with Gasteiger partial charge in [0.15, 0.2) is 0 Å². The lowest BCUT2D eigenvalue weighted by molar-refractivity contribution is 0.0214. The van der Waals surface area contributed by atoms with E-state index in [-0.39, 0.29) is 12.1 Å². The number of nitrogen functional groups attached to an aromatic ring is 1.